The minimum Gasteiger partial charge on any atom is -0.483 e. The van der Waals surface area contributed by atoms with Crippen LogP contribution in [-0.2, 0) is 9.53 Å². The van der Waals surface area contributed by atoms with Gasteiger partial charge in [0.2, 0.25) is 0 Å². The average molecular weight is 251 g/mol. The second kappa shape index (κ2) is 7.71. The molecule has 1 amide bonds. The van der Waals surface area contributed by atoms with E-state index in [1.165, 1.54) is 0 Å². The lowest BCUT2D eigenvalue weighted by Gasteiger charge is -2.10. The van der Waals surface area contributed by atoms with Crippen molar-refractivity contribution < 1.29 is 14.3 Å². The van der Waals surface area contributed by atoms with Crippen LogP contribution in [0.4, 0.5) is 0 Å². The van der Waals surface area contributed by atoms with Crippen LogP contribution < -0.4 is 10.1 Å². The van der Waals surface area contributed by atoms with Crippen LogP contribution in [0.1, 0.15) is 17.5 Å². The topological polar surface area (TPSA) is 47.6 Å². The third-order valence-electron chi connectivity index (χ3n) is 2.76. The van der Waals surface area contributed by atoms with Crippen LogP contribution in [0, 0.1) is 13.8 Å². The molecule has 1 aromatic rings. The smallest absolute Gasteiger partial charge is 0.257 e. The lowest BCUT2D eigenvalue weighted by Crippen LogP contribution is -2.30. The van der Waals surface area contributed by atoms with E-state index in [0.717, 1.165) is 23.3 Å². The number of benzene rings is 1. The number of carbonyl (C=O) groups excluding carboxylic acids is 1. The standard InChI is InChI=1S/C14H21NO3/c1-11-6-4-7-13(12(11)2)18-10-14(16)15-8-5-9-17-3/h4,6-7H,5,8-10H2,1-3H3,(H,15,16). The number of ether oxygens (including phenoxy) is 2. The van der Waals surface area contributed by atoms with E-state index in [1.54, 1.807) is 7.11 Å². The van der Waals surface area contributed by atoms with Gasteiger partial charge < -0.3 is 14.8 Å². The molecule has 0 aliphatic rings. The molecule has 0 atom stereocenters. The highest BCUT2D eigenvalue weighted by atomic mass is 16.5. The Labute approximate surface area is 108 Å². The summed E-state index contributed by atoms with van der Waals surface area (Å²) in [6.45, 7) is 5.33. The maximum absolute atomic E-state index is 11.5. The lowest BCUT2D eigenvalue weighted by molar-refractivity contribution is -0.123. The van der Waals surface area contributed by atoms with E-state index in [9.17, 15) is 4.79 Å². The number of nitrogens with one attached hydrogen (secondary N) is 1. The monoisotopic (exact) mass is 251 g/mol. The molecule has 4 nitrogen and oxygen atoms in total. The van der Waals surface area contributed by atoms with Crippen LogP contribution in [0.2, 0.25) is 0 Å². The van der Waals surface area contributed by atoms with E-state index < -0.39 is 0 Å². The van der Waals surface area contributed by atoms with E-state index >= 15 is 0 Å². The van der Waals surface area contributed by atoms with Crippen molar-refractivity contribution in [3.63, 3.8) is 0 Å². The summed E-state index contributed by atoms with van der Waals surface area (Å²) in [4.78, 5) is 11.5. The molecule has 0 heterocycles. The Balaban J connectivity index is 2.32. The Morgan fingerprint density at radius 1 is 1.33 bits per heavy atom. The molecule has 0 fully saturated rings. The fourth-order valence-electron chi connectivity index (χ4n) is 1.52. The highest BCUT2D eigenvalue weighted by Crippen LogP contribution is 2.20. The van der Waals surface area contributed by atoms with Crippen molar-refractivity contribution in [3.05, 3.63) is 29.3 Å². The van der Waals surface area contributed by atoms with Crippen LogP contribution in [0.25, 0.3) is 0 Å². The Kier molecular flexibility index (Phi) is 6.22. The molecule has 0 unspecified atom stereocenters. The van der Waals surface area contributed by atoms with Gasteiger partial charge in [0.15, 0.2) is 6.61 Å². The van der Waals surface area contributed by atoms with E-state index in [-0.39, 0.29) is 12.5 Å². The third kappa shape index (κ3) is 4.75. The van der Waals surface area contributed by atoms with Gasteiger partial charge in [0, 0.05) is 20.3 Å². The first kappa shape index (κ1) is 14.5. The number of amides is 1. The molecule has 1 N–H and O–H groups in total. The van der Waals surface area contributed by atoms with Crippen LogP contribution in [0.3, 0.4) is 0 Å². The van der Waals surface area contributed by atoms with Crippen LogP contribution in [0.15, 0.2) is 18.2 Å². The zero-order valence-corrected chi connectivity index (χ0v) is 11.3. The minimum atomic E-state index is -0.105. The molecular formula is C14H21NO3. The molecule has 1 aromatic carbocycles. The molecule has 0 aliphatic heterocycles. The third-order valence-corrected chi connectivity index (χ3v) is 2.76. The van der Waals surface area contributed by atoms with Gasteiger partial charge >= 0.3 is 0 Å². The molecular weight excluding hydrogens is 230 g/mol. The Morgan fingerprint density at radius 3 is 2.83 bits per heavy atom. The summed E-state index contributed by atoms with van der Waals surface area (Å²) in [6, 6.07) is 5.82. The average Bonchev–Trinajstić information content (AvgIpc) is 2.36. The number of methoxy groups -OCH3 is 1. The molecule has 100 valence electrons. The second-order valence-corrected chi connectivity index (χ2v) is 4.18. The Hall–Kier alpha value is -1.55. The van der Waals surface area contributed by atoms with Gasteiger partial charge in [-0.1, -0.05) is 12.1 Å². The number of aryl methyl sites for hydroxylation is 1. The lowest BCUT2D eigenvalue weighted by atomic mass is 10.1. The largest absolute Gasteiger partial charge is 0.483 e. The van der Waals surface area contributed by atoms with Crippen molar-refractivity contribution in [2.75, 3.05) is 26.9 Å². The van der Waals surface area contributed by atoms with Crippen LogP contribution in [0.5, 0.6) is 5.75 Å². The molecule has 4 heteroatoms. The maximum Gasteiger partial charge on any atom is 0.257 e. The Morgan fingerprint density at radius 2 is 2.11 bits per heavy atom. The summed E-state index contributed by atoms with van der Waals surface area (Å²) in [5.41, 5.74) is 2.23. The first-order valence-electron chi connectivity index (χ1n) is 6.09. The van der Waals surface area contributed by atoms with Gasteiger partial charge in [-0.15, -0.1) is 0 Å². The number of hydrogen-bond donors (Lipinski definition) is 1. The van der Waals surface area contributed by atoms with E-state index in [1.807, 2.05) is 32.0 Å². The van der Waals surface area contributed by atoms with Crippen LogP contribution >= 0.6 is 0 Å². The van der Waals surface area contributed by atoms with Crippen molar-refractivity contribution in [2.24, 2.45) is 0 Å². The first-order chi connectivity index (χ1) is 8.65. The summed E-state index contributed by atoms with van der Waals surface area (Å²) in [7, 11) is 1.64. The van der Waals surface area contributed by atoms with Gasteiger partial charge in [0.1, 0.15) is 5.75 Å². The van der Waals surface area contributed by atoms with Crippen molar-refractivity contribution in [1.82, 2.24) is 5.32 Å². The predicted octanol–water partition coefficient (Wildman–Crippen LogP) is 1.83. The SMILES string of the molecule is COCCCNC(=O)COc1cccc(C)c1C. The molecule has 0 radical (unpaired) electrons. The molecule has 0 aromatic heterocycles. The second-order valence-electron chi connectivity index (χ2n) is 4.18. The zero-order valence-electron chi connectivity index (χ0n) is 11.3. The molecule has 0 saturated carbocycles. The molecule has 0 aliphatic carbocycles. The normalized spacial score (nSPS) is 10.2. The van der Waals surface area contributed by atoms with E-state index in [2.05, 4.69) is 5.32 Å². The van der Waals surface area contributed by atoms with Crippen molar-refractivity contribution in [3.8, 4) is 5.75 Å². The summed E-state index contributed by atoms with van der Waals surface area (Å²) in [5.74, 6) is 0.661. The molecule has 18 heavy (non-hydrogen) atoms. The van der Waals surface area contributed by atoms with Crippen LogP contribution in [-0.4, -0.2) is 32.8 Å². The Bertz CT molecular complexity index is 391. The van der Waals surface area contributed by atoms with E-state index in [0.29, 0.717) is 13.2 Å². The van der Waals surface area contributed by atoms with Crippen molar-refractivity contribution >= 4 is 5.91 Å². The van der Waals surface area contributed by atoms with Gasteiger partial charge in [-0.25, -0.2) is 0 Å². The molecule has 0 saturated heterocycles. The van der Waals surface area contributed by atoms with Gasteiger partial charge in [-0.05, 0) is 37.5 Å². The molecule has 1 rings (SSSR count). The quantitative estimate of drug-likeness (QED) is 0.752. The van der Waals surface area contributed by atoms with Gasteiger partial charge in [0.25, 0.3) is 5.91 Å². The summed E-state index contributed by atoms with van der Waals surface area (Å²) < 4.78 is 10.4. The van der Waals surface area contributed by atoms with Gasteiger partial charge in [0.05, 0.1) is 0 Å². The minimum absolute atomic E-state index is 0.0529. The van der Waals surface area contributed by atoms with Gasteiger partial charge in [-0.2, -0.15) is 0 Å². The van der Waals surface area contributed by atoms with Crippen molar-refractivity contribution in [2.45, 2.75) is 20.3 Å². The number of rotatable bonds is 7. The molecule has 0 spiro atoms. The van der Waals surface area contributed by atoms with E-state index in [4.69, 9.17) is 9.47 Å². The fraction of sp³-hybridized carbons (Fsp3) is 0.500. The maximum atomic E-state index is 11.5. The van der Waals surface area contributed by atoms with Crippen molar-refractivity contribution in [1.29, 1.82) is 0 Å². The summed E-state index contributed by atoms with van der Waals surface area (Å²) in [6.07, 6.45) is 0.811. The zero-order chi connectivity index (χ0) is 13.4. The highest BCUT2D eigenvalue weighted by molar-refractivity contribution is 5.77. The number of carbonyl (C=O) groups is 1. The fourth-order valence-corrected chi connectivity index (χ4v) is 1.52. The van der Waals surface area contributed by atoms with Gasteiger partial charge in [-0.3, -0.25) is 4.79 Å². The highest BCUT2D eigenvalue weighted by Gasteiger charge is 2.05. The molecule has 0 bridgehead atoms. The predicted molar refractivity (Wildman–Crippen MR) is 70.9 cm³/mol. The summed E-state index contributed by atoms with van der Waals surface area (Å²) in [5, 5.41) is 2.78. The summed E-state index contributed by atoms with van der Waals surface area (Å²) >= 11 is 0. The number of hydrogen-bond acceptors (Lipinski definition) is 3. The first-order valence-corrected chi connectivity index (χ1v) is 6.09.